The Bertz CT molecular complexity index is 498. The van der Waals surface area contributed by atoms with Crippen LogP contribution in [0.3, 0.4) is 0 Å². The molecule has 29 heavy (non-hydrogen) atoms. The lowest BCUT2D eigenvalue weighted by molar-refractivity contribution is 0.146. The van der Waals surface area contributed by atoms with E-state index < -0.39 is 0 Å². The van der Waals surface area contributed by atoms with Gasteiger partial charge in [0.25, 0.3) is 0 Å². The highest BCUT2D eigenvalue weighted by molar-refractivity contribution is 5.14. The quantitative estimate of drug-likeness (QED) is 0.635. The number of nitrogens with zero attached hydrogens (tertiary/aromatic N) is 3. The van der Waals surface area contributed by atoms with Gasteiger partial charge < -0.3 is 14.7 Å². The maximum Gasteiger partial charge on any atom is 0.0227 e. The van der Waals surface area contributed by atoms with Crippen molar-refractivity contribution in [1.29, 1.82) is 0 Å². The van der Waals surface area contributed by atoms with Gasteiger partial charge in [-0.1, -0.05) is 30.3 Å². The molecule has 2 aliphatic rings. The highest BCUT2D eigenvalue weighted by atomic mass is 15.1. The Morgan fingerprint density at radius 3 is 1.38 bits per heavy atom. The molecule has 0 radical (unpaired) electrons. The topological polar surface area (TPSA) is 9.72 Å². The van der Waals surface area contributed by atoms with E-state index in [-0.39, 0.29) is 0 Å². The van der Waals surface area contributed by atoms with E-state index in [1.807, 2.05) is 6.07 Å². The zero-order valence-electron chi connectivity index (χ0n) is 20.1. The molecule has 0 amide bonds. The maximum absolute atomic E-state index is 2.43. The van der Waals surface area contributed by atoms with Crippen molar-refractivity contribution in [3.05, 3.63) is 35.9 Å². The Kier molecular flexibility index (Phi) is 10.7. The van der Waals surface area contributed by atoms with E-state index in [2.05, 4.69) is 81.3 Å². The van der Waals surface area contributed by atoms with E-state index in [9.17, 15) is 0 Å². The molecule has 3 nitrogen and oxygen atoms in total. The van der Waals surface area contributed by atoms with Gasteiger partial charge in [0, 0.05) is 18.6 Å². The lowest BCUT2D eigenvalue weighted by atomic mass is 9.75. The average molecular weight is 402 g/mol. The van der Waals surface area contributed by atoms with E-state index in [0.717, 1.165) is 30.5 Å². The van der Waals surface area contributed by atoms with Crippen molar-refractivity contribution in [3.8, 4) is 0 Å². The van der Waals surface area contributed by atoms with E-state index in [0.29, 0.717) is 0 Å². The zero-order chi connectivity index (χ0) is 21.2. The van der Waals surface area contributed by atoms with Crippen LogP contribution in [0.4, 0.5) is 0 Å². The summed E-state index contributed by atoms with van der Waals surface area (Å²) in [5.74, 6) is 2.08. The van der Waals surface area contributed by atoms with Gasteiger partial charge in [-0.2, -0.15) is 0 Å². The summed E-state index contributed by atoms with van der Waals surface area (Å²) in [7, 11) is 13.1. The van der Waals surface area contributed by atoms with Gasteiger partial charge in [0.05, 0.1) is 0 Å². The largest absolute Gasteiger partial charge is 0.306 e. The fourth-order valence-electron chi connectivity index (χ4n) is 5.21. The molecule has 0 unspecified atom stereocenters. The zero-order valence-corrected chi connectivity index (χ0v) is 20.1. The van der Waals surface area contributed by atoms with Gasteiger partial charge in [0.2, 0.25) is 0 Å². The first-order valence-corrected chi connectivity index (χ1v) is 11.9. The molecule has 0 saturated heterocycles. The minimum atomic E-state index is 0.862. The Hall–Kier alpha value is -0.900. The molecule has 3 rings (SSSR count). The summed E-state index contributed by atoms with van der Waals surface area (Å²) in [4.78, 5) is 7.02. The van der Waals surface area contributed by atoms with E-state index >= 15 is 0 Å². The molecular formula is C26H47N3. The molecule has 0 bridgehead atoms. The second-order valence-electron chi connectivity index (χ2n) is 10.2. The van der Waals surface area contributed by atoms with Gasteiger partial charge in [-0.3, -0.25) is 0 Å². The molecule has 3 heteroatoms. The third-order valence-corrected chi connectivity index (χ3v) is 7.10. The molecule has 1 aromatic rings. The third-order valence-electron chi connectivity index (χ3n) is 7.10. The highest BCUT2D eigenvalue weighted by Crippen LogP contribution is 2.36. The molecule has 0 atom stereocenters. The van der Waals surface area contributed by atoms with Crippen LogP contribution < -0.4 is 0 Å². The fraction of sp³-hybridized carbons (Fsp3) is 0.769. The van der Waals surface area contributed by atoms with E-state index in [1.165, 1.54) is 63.4 Å². The van der Waals surface area contributed by atoms with Crippen LogP contribution in [-0.4, -0.2) is 69.1 Å². The number of hydrogen-bond donors (Lipinski definition) is 0. The maximum atomic E-state index is 2.43. The van der Waals surface area contributed by atoms with Crippen LogP contribution in [0.1, 0.15) is 63.4 Å². The Morgan fingerprint density at radius 1 is 0.621 bits per heavy atom. The SMILES string of the molecule is CN(C)C1CCC(CC2CCC(N(C)C)CC2)CC1.CN(C)Cc1ccccc1. The van der Waals surface area contributed by atoms with Crippen molar-refractivity contribution < 1.29 is 0 Å². The first kappa shape index (κ1) is 24.4. The van der Waals surface area contributed by atoms with Crippen LogP contribution in [0.15, 0.2) is 30.3 Å². The van der Waals surface area contributed by atoms with Crippen LogP contribution in [0.2, 0.25) is 0 Å². The number of hydrogen-bond acceptors (Lipinski definition) is 3. The van der Waals surface area contributed by atoms with Crippen molar-refractivity contribution in [2.24, 2.45) is 11.8 Å². The van der Waals surface area contributed by atoms with Crippen molar-refractivity contribution in [2.45, 2.75) is 76.4 Å². The fourth-order valence-corrected chi connectivity index (χ4v) is 5.21. The summed E-state index contributed by atoms with van der Waals surface area (Å²) in [5, 5.41) is 0. The first-order valence-electron chi connectivity index (χ1n) is 11.9. The predicted molar refractivity (Wildman–Crippen MR) is 127 cm³/mol. The molecule has 0 aromatic heterocycles. The summed E-state index contributed by atoms with van der Waals surface area (Å²) in [5.41, 5.74) is 1.37. The average Bonchev–Trinajstić information content (AvgIpc) is 2.69. The summed E-state index contributed by atoms with van der Waals surface area (Å²) in [6, 6.07) is 12.2. The number of rotatable bonds is 6. The minimum Gasteiger partial charge on any atom is -0.306 e. The van der Waals surface area contributed by atoms with Gasteiger partial charge in [-0.15, -0.1) is 0 Å². The van der Waals surface area contributed by atoms with Crippen molar-refractivity contribution in [3.63, 3.8) is 0 Å². The third kappa shape index (κ3) is 9.19. The molecule has 166 valence electrons. The van der Waals surface area contributed by atoms with Crippen LogP contribution in [0.25, 0.3) is 0 Å². The molecule has 0 aliphatic heterocycles. The Balaban J connectivity index is 0.000000253. The summed E-state index contributed by atoms with van der Waals surface area (Å²) in [6.45, 7) is 1.03. The van der Waals surface area contributed by atoms with Crippen LogP contribution in [0.5, 0.6) is 0 Å². The van der Waals surface area contributed by atoms with Crippen molar-refractivity contribution in [2.75, 3.05) is 42.3 Å². The monoisotopic (exact) mass is 401 g/mol. The second kappa shape index (κ2) is 12.7. The van der Waals surface area contributed by atoms with Crippen molar-refractivity contribution in [1.82, 2.24) is 14.7 Å². The van der Waals surface area contributed by atoms with E-state index in [1.54, 1.807) is 0 Å². The minimum absolute atomic E-state index is 0.862. The Morgan fingerprint density at radius 2 is 1.03 bits per heavy atom. The Labute approximate surface area is 181 Å². The molecule has 2 aliphatic carbocycles. The first-order chi connectivity index (χ1) is 13.8. The van der Waals surface area contributed by atoms with Crippen LogP contribution in [0, 0.1) is 11.8 Å². The van der Waals surface area contributed by atoms with Crippen LogP contribution in [-0.2, 0) is 6.54 Å². The van der Waals surface area contributed by atoms with E-state index in [4.69, 9.17) is 0 Å². The summed E-state index contributed by atoms with van der Waals surface area (Å²) < 4.78 is 0. The molecule has 0 spiro atoms. The van der Waals surface area contributed by atoms with Gasteiger partial charge in [-0.05, 0) is 117 Å². The predicted octanol–water partition coefficient (Wildman–Crippen LogP) is 5.37. The lowest BCUT2D eigenvalue weighted by Gasteiger charge is -2.37. The van der Waals surface area contributed by atoms with Gasteiger partial charge in [0.15, 0.2) is 0 Å². The number of benzene rings is 1. The highest BCUT2D eigenvalue weighted by Gasteiger charge is 2.27. The van der Waals surface area contributed by atoms with Crippen molar-refractivity contribution >= 4 is 0 Å². The molecule has 0 N–H and O–H groups in total. The molecule has 2 saturated carbocycles. The molecule has 2 fully saturated rings. The second-order valence-corrected chi connectivity index (χ2v) is 10.2. The van der Waals surface area contributed by atoms with Crippen LogP contribution >= 0.6 is 0 Å². The standard InChI is InChI=1S/C17H34N2.C9H13N/c1-18(2)16-9-5-14(6-10-16)13-15-7-11-17(12-8-15)19(3)4;1-10(2)8-9-6-4-3-5-7-9/h14-17H,5-13H2,1-4H3;3-7H,8H2,1-2H3. The summed E-state index contributed by atoms with van der Waals surface area (Å²) in [6.07, 6.45) is 13.2. The lowest BCUT2D eigenvalue weighted by Crippen LogP contribution is -2.34. The van der Waals surface area contributed by atoms with Gasteiger partial charge in [-0.25, -0.2) is 0 Å². The van der Waals surface area contributed by atoms with Gasteiger partial charge >= 0.3 is 0 Å². The van der Waals surface area contributed by atoms with Gasteiger partial charge in [0.1, 0.15) is 0 Å². The molecule has 0 heterocycles. The molecule has 1 aromatic carbocycles. The molecular weight excluding hydrogens is 354 g/mol. The smallest absolute Gasteiger partial charge is 0.0227 e. The summed E-state index contributed by atoms with van der Waals surface area (Å²) >= 11 is 0. The normalized spacial score (nSPS) is 27.8.